The van der Waals surface area contributed by atoms with E-state index in [1.54, 1.807) is 13.4 Å². The fourth-order valence-corrected chi connectivity index (χ4v) is 3.93. The highest BCUT2D eigenvalue weighted by molar-refractivity contribution is 6.02. The number of furan rings is 1. The second kappa shape index (κ2) is 7.09. The molecule has 2 aromatic heterocycles. The Hall–Kier alpha value is -3.60. The van der Waals surface area contributed by atoms with Gasteiger partial charge in [0.1, 0.15) is 11.5 Å². The molecule has 144 valence electrons. The Morgan fingerprint density at radius 2 is 1.79 bits per heavy atom. The number of hydrogen-bond acceptors (Lipinski definition) is 4. The summed E-state index contributed by atoms with van der Waals surface area (Å²) in [7, 11) is 1.68. The number of aromatic nitrogens is 2. The zero-order valence-corrected chi connectivity index (χ0v) is 16.4. The zero-order chi connectivity index (χ0) is 19.8. The monoisotopic (exact) mass is 383 g/mol. The quantitative estimate of drug-likeness (QED) is 0.463. The molecule has 0 spiro atoms. The summed E-state index contributed by atoms with van der Waals surface area (Å²) in [6, 6.07) is 22.4. The lowest BCUT2D eigenvalue weighted by Crippen LogP contribution is -2.21. The van der Waals surface area contributed by atoms with Crippen LogP contribution in [0.2, 0.25) is 0 Å². The molecule has 0 aliphatic carbocycles. The molecule has 5 rings (SSSR count). The second-order valence-electron chi connectivity index (χ2n) is 7.12. The fourth-order valence-electron chi connectivity index (χ4n) is 3.93. The average Bonchev–Trinajstić information content (AvgIpc) is 3.41. The minimum atomic E-state index is 0.0321. The van der Waals surface area contributed by atoms with Gasteiger partial charge in [0.2, 0.25) is 0 Å². The van der Waals surface area contributed by atoms with E-state index in [0.29, 0.717) is 6.42 Å². The lowest BCUT2D eigenvalue weighted by molar-refractivity contribution is 0.414. The van der Waals surface area contributed by atoms with Gasteiger partial charge in [0, 0.05) is 12.0 Å². The molecular formula is C24H21N3O2. The van der Waals surface area contributed by atoms with Gasteiger partial charge in [0.05, 0.1) is 30.8 Å². The largest absolute Gasteiger partial charge is 0.497 e. The van der Waals surface area contributed by atoms with Gasteiger partial charge in [-0.2, -0.15) is 5.10 Å². The molecule has 4 aromatic rings. The molecule has 1 atom stereocenters. The van der Waals surface area contributed by atoms with Gasteiger partial charge < -0.3 is 9.15 Å². The molecule has 1 aliphatic rings. The molecule has 5 nitrogen and oxygen atoms in total. The van der Waals surface area contributed by atoms with E-state index >= 15 is 0 Å². The molecule has 0 fully saturated rings. The smallest absolute Gasteiger partial charge is 0.159 e. The van der Waals surface area contributed by atoms with Crippen LogP contribution in [0.4, 0.5) is 5.82 Å². The summed E-state index contributed by atoms with van der Waals surface area (Å²) in [5.74, 6) is 2.51. The van der Waals surface area contributed by atoms with Gasteiger partial charge in [-0.15, -0.1) is 0 Å². The van der Waals surface area contributed by atoms with Gasteiger partial charge in [-0.25, -0.2) is 9.67 Å². The zero-order valence-electron chi connectivity index (χ0n) is 16.4. The fraction of sp³-hybridized carbons (Fsp3) is 0.167. The Labute approximate surface area is 169 Å². The van der Waals surface area contributed by atoms with Crippen LogP contribution in [0.1, 0.15) is 29.5 Å². The van der Waals surface area contributed by atoms with Crippen molar-refractivity contribution in [2.24, 2.45) is 4.99 Å². The van der Waals surface area contributed by atoms with Crippen molar-refractivity contribution >= 4 is 11.5 Å². The Kier molecular flexibility index (Phi) is 4.28. The van der Waals surface area contributed by atoms with Crippen molar-refractivity contribution in [2.45, 2.75) is 19.4 Å². The number of fused-ring (bicyclic) bond motifs is 1. The number of rotatable bonds is 4. The number of methoxy groups -OCH3 is 1. The van der Waals surface area contributed by atoms with E-state index in [1.165, 1.54) is 0 Å². The van der Waals surface area contributed by atoms with Crippen LogP contribution in [0.5, 0.6) is 5.75 Å². The number of aryl methyl sites for hydroxylation is 1. The third-order valence-corrected chi connectivity index (χ3v) is 5.35. The van der Waals surface area contributed by atoms with Crippen LogP contribution < -0.4 is 4.74 Å². The van der Waals surface area contributed by atoms with Crippen LogP contribution in [0, 0.1) is 6.92 Å². The standard InChI is InChI=1S/C24H21N3O2/c1-16-23(18-7-4-3-5-8-18)24-25-20(22-9-6-14-29-22)15-21(27(24)26-16)17-10-12-19(28-2)13-11-17/h3-14,21H,15H2,1-2H3. The molecule has 2 aromatic carbocycles. The van der Waals surface area contributed by atoms with E-state index in [2.05, 4.69) is 24.3 Å². The third kappa shape index (κ3) is 3.05. The van der Waals surface area contributed by atoms with Crippen LogP contribution >= 0.6 is 0 Å². The number of benzene rings is 2. The second-order valence-corrected chi connectivity index (χ2v) is 7.12. The summed E-state index contributed by atoms with van der Waals surface area (Å²) in [6.45, 7) is 2.04. The lowest BCUT2D eigenvalue weighted by atomic mass is 9.97. The number of ether oxygens (including phenoxy) is 1. The molecule has 1 unspecified atom stereocenters. The van der Waals surface area contributed by atoms with Crippen LogP contribution in [0.3, 0.4) is 0 Å². The molecule has 29 heavy (non-hydrogen) atoms. The van der Waals surface area contributed by atoms with Crippen molar-refractivity contribution in [3.05, 3.63) is 90.0 Å². The maximum Gasteiger partial charge on any atom is 0.159 e. The van der Waals surface area contributed by atoms with Crippen molar-refractivity contribution in [3.63, 3.8) is 0 Å². The lowest BCUT2D eigenvalue weighted by Gasteiger charge is -2.24. The number of nitrogens with zero attached hydrogens (tertiary/aromatic N) is 3. The predicted octanol–water partition coefficient (Wildman–Crippen LogP) is 5.57. The van der Waals surface area contributed by atoms with E-state index in [-0.39, 0.29) is 6.04 Å². The molecule has 5 heteroatoms. The first-order valence-corrected chi connectivity index (χ1v) is 9.64. The number of aliphatic imine (C=N–C) groups is 1. The van der Waals surface area contributed by atoms with Crippen molar-refractivity contribution in [2.75, 3.05) is 7.11 Å². The van der Waals surface area contributed by atoms with Crippen molar-refractivity contribution in [1.82, 2.24) is 9.78 Å². The van der Waals surface area contributed by atoms with E-state index in [0.717, 1.165) is 45.4 Å². The SMILES string of the molecule is COc1ccc(C2CC(c3ccco3)=Nc3c(-c4ccccc4)c(C)nn32)cc1. The van der Waals surface area contributed by atoms with Crippen molar-refractivity contribution in [1.29, 1.82) is 0 Å². The van der Waals surface area contributed by atoms with Crippen LogP contribution in [-0.4, -0.2) is 22.6 Å². The molecule has 0 N–H and O–H groups in total. The Morgan fingerprint density at radius 1 is 1.00 bits per heavy atom. The molecule has 3 heterocycles. The molecule has 0 saturated heterocycles. The molecule has 0 radical (unpaired) electrons. The normalized spacial score (nSPS) is 15.7. The highest BCUT2D eigenvalue weighted by Crippen LogP contribution is 2.41. The minimum absolute atomic E-state index is 0.0321. The third-order valence-electron chi connectivity index (χ3n) is 5.35. The van der Waals surface area contributed by atoms with Gasteiger partial charge in [-0.3, -0.25) is 0 Å². The Balaban J connectivity index is 1.69. The summed E-state index contributed by atoms with van der Waals surface area (Å²) in [4.78, 5) is 4.99. The topological polar surface area (TPSA) is 52.6 Å². The van der Waals surface area contributed by atoms with Gasteiger partial charge in [-0.05, 0) is 42.3 Å². The Bertz CT molecular complexity index is 1160. The van der Waals surface area contributed by atoms with Gasteiger partial charge in [0.25, 0.3) is 0 Å². The molecule has 0 amide bonds. The summed E-state index contributed by atoms with van der Waals surface area (Å²) in [5, 5.41) is 4.89. The maximum atomic E-state index is 5.68. The average molecular weight is 383 g/mol. The molecule has 0 bridgehead atoms. The first kappa shape index (κ1) is 17.5. The van der Waals surface area contributed by atoms with Crippen LogP contribution in [0.15, 0.2) is 82.4 Å². The first-order valence-electron chi connectivity index (χ1n) is 9.64. The van der Waals surface area contributed by atoms with Crippen molar-refractivity contribution in [3.8, 4) is 16.9 Å². The van der Waals surface area contributed by atoms with Crippen LogP contribution in [0.25, 0.3) is 11.1 Å². The molecule has 1 aliphatic heterocycles. The first-order chi connectivity index (χ1) is 14.2. The highest BCUT2D eigenvalue weighted by Gasteiger charge is 2.30. The van der Waals surface area contributed by atoms with E-state index < -0.39 is 0 Å². The predicted molar refractivity (Wildman–Crippen MR) is 113 cm³/mol. The van der Waals surface area contributed by atoms with Gasteiger partial charge in [-0.1, -0.05) is 42.5 Å². The highest BCUT2D eigenvalue weighted by atomic mass is 16.5. The van der Waals surface area contributed by atoms with E-state index in [9.17, 15) is 0 Å². The minimum Gasteiger partial charge on any atom is -0.497 e. The number of hydrogen-bond donors (Lipinski definition) is 0. The summed E-state index contributed by atoms with van der Waals surface area (Å²) in [6.07, 6.45) is 2.40. The van der Waals surface area contributed by atoms with Gasteiger partial charge >= 0.3 is 0 Å². The van der Waals surface area contributed by atoms with Crippen LogP contribution in [-0.2, 0) is 0 Å². The summed E-state index contributed by atoms with van der Waals surface area (Å²) in [5.41, 5.74) is 5.24. The maximum absolute atomic E-state index is 5.68. The summed E-state index contributed by atoms with van der Waals surface area (Å²) < 4.78 is 13.1. The molecule has 0 saturated carbocycles. The van der Waals surface area contributed by atoms with E-state index in [4.69, 9.17) is 19.2 Å². The van der Waals surface area contributed by atoms with Crippen molar-refractivity contribution < 1.29 is 9.15 Å². The summed E-state index contributed by atoms with van der Waals surface area (Å²) >= 11 is 0. The Morgan fingerprint density at radius 3 is 2.48 bits per heavy atom. The molecular weight excluding hydrogens is 362 g/mol. The van der Waals surface area contributed by atoms with E-state index in [1.807, 2.05) is 54.1 Å². The van der Waals surface area contributed by atoms with Gasteiger partial charge in [0.15, 0.2) is 5.82 Å².